The molecule has 0 aliphatic carbocycles. The first-order valence-electron chi connectivity index (χ1n) is 5.67. The first kappa shape index (κ1) is 15.0. The lowest BCUT2D eigenvalue weighted by atomic mass is 10.00. The van der Waals surface area contributed by atoms with Crippen LogP contribution in [0.5, 0.6) is 0 Å². The molecule has 0 spiro atoms. The second kappa shape index (κ2) is 5.16. The Morgan fingerprint density at radius 3 is 2.24 bits per heavy atom. The van der Waals surface area contributed by atoms with E-state index in [1.165, 1.54) is 12.1 Å². The van der Waals surface area contributed by atoms with Crippen LogP contribution in [-0.2, 0) is 6.18 Å². The predicted octanol–water partition coefficient (Wildman–Crippen LogP) is 3.80. The zero-order chi connectivity index (χ0) is 15.8. The minimum absolute atomic E-state index is 0.242. The van der Waals surface area contributed by atoms with Crippen LogP contribution in [0.4, 0.5) is 27.6 Å². The highest BCUT2D eigenvalue weighted by molar-refractivity contribution is 6.12. The van der Waals surface area contributed by atoms with Crippen LogP contribution in [0.25, 0.3) is 0 Å². The molecule has 2 nitrogen and oxygen atoms in total. The summed E-state index contributed by atoms with van der Waals surface area (Å²) in [5.41, 5.74) is 2.88. The van der Waals surface area contributed by atoms with Crippen LogP contribution in [0.3, 0.4) is 0 Å². The molecule has 2 aromatic carbocycles. The van der Waals surface area contributed by atoms with Crippen molar-refractivity contribution in [3.8, 4) is 0 Å². The van der Waals surface area contributed by atoms with Gasteiger partial charge in [0.15, 0.2) is 5.78 Å². The van der Waals surface area contributed by atoms with Crippen molar-refractivity contribution in [2.24, 2.45) is 0 Å². The van der Waals surface area contributed by atoms with Crippen LogP contribution in [0.2, 0.25) is 0 Å². The van der Waals surface area contributed by atoms with Crippen molar-refractivity contribution >= 4 is 11.5 Å². The van der Waals surface area contributed by atoms with Gasteiger partial charge in [-0.3, -0.25) is 4.79 Å². The molecule has 0 aliphatic heterocycles. The summed E-state index contributed by atoms with van der Waals surface area (Å²) in [6, 6.07) is 5.18. The van der Waals surface area contributed by atoms with Gasteiger partial charge in [-0.2, -0.15) is 13.2 Å². The molecule has 110 valence electrons. The van der Waals surface area contributed by atoms with Crippen LogP contribution < -0.4 is 5.73 Å². The summed E-state index contributed by atoms with van der Waals surface area (Å²) in [4.78, 5) is 12.0. The molecule has 21 heavy (non-hydrogen) atoms. The molecule has 0 aliphatic rings. The average molecular weight is 301 g/mol. The molecule has 0 heterocycles. The second-order valence-corrected chi connectivity index (χ2v) is 4.22. The fourth-order valence-electron chi connectivity index (χ4n) is 1.78. The van der Waals surface area contributed by atoms with E-state index >= 15 is 0 Å². The Morgan fingerprint density at radius 1 is 1.00 bits per heavy atom. The van der Waals surface area contributed by atoms with Crippen LogP contribution in [-0.4, -0.2) is 5.78 Å². The Labute approximate surface area is 116 Å². The number of rotatable bonds is 2. The van der Waals surface area contributed by atoms with Crippen molar-refractivity contribution in [1.82, 2.24) is 0 Å². The zero-order valence-corrected chi connectivity index (χ0v) is 10.3. The van der Waals surface area contributed by atoms with Crippen LogP contribution in [0, 0.1) is 11.6 Å². The molecule has 0 radical (unpaired) electrons. The van der Waals surface area contributed by atoms with E-state index in [1.807, 2.05) is 0 Å². The molecule has 0 bridgehead atoms. The summed E-state index contributed by atoms with van der Waals surface area (Å²) in [7, 11) is 0. The van der Waals surface area contributed by atoms with E-state index in [1.54, 1.807) is 0 Å². The Balaban J connectivity index is 2.46. The van der Waals surface area contributed by atoms with E-state index in [4.69, 9.17) is 5.73 Å². The topological polar surface area (TPSA) is 43.1 Å². The largest absolute Gasteiger partial charge is 0.419 e. The quantitative estimate of drug-likeness (QED) is 0.521. The van der Waals surface area contributed by atoms with Crippen LogP contribution in [0.1, 0.15) is 21.5 Å². The number of carbonyl (C=O) groups is 1. The third-order valence-corrected chi connectivity index (χ3v) is 2.83. The van der Waals surface area contributed by atoms with E-state index < -0.39 is 34.8 Å². The van der Waals surface area contributed by atoms with Crippen LogP contribution >= 0.6 is 0 Å². The number of benzene rings is 2. The molecule has 2 N–H and O–H groups in total. The number of alkyl halides is 3. The first-order chi connectivity index (χ1) is 9.71. The minimum atomic E-state index is -4.86. The third kappa shape index (κ3) is 2.86. The highest BCUT2D eigenvalue weighted by Crippen LogP contribution is 2.32. The van der Waals surface area contributed by atoms with Gasteiger partial charge in [-0.25, -0.2) is 8.78 Å². The molecular formula is C14H8F5NO. The number of carbonyl (C=O) groups excluding carboxylic acids is 1. The van der Waals surface area contributed by atoms with E-state index in [0.717, 1.165) is 12.1 Å². The maximum Gasteiger partial charge on any atom is 0.419 e. The van der Waals surface area contributed by atoms with Crippen molar-refractivity contribution in [3.05, 3.63) is 64.7 Å². The summed E-state index contributed by atoms with van der Waals surface area (Å²) in [5.74, 6) is -3.28. The number of para-hydroxylation sites is 1. The maximum atomic E-state index is 13.4. The summed E-state index contributed by atoms with van der Waals surface area (Å²) in [6.45, 7) is 0. The lowest BCUT2D eigenvalue weighted by molar-refractivity contribution is -0.140. The van der Waals surface area contributed by atoms with Gasteiger partial charge in [-0.05, 0) is 24.3 Å². The highest BCUT2D eigenvalue weighted by atomic mass is 19.4. The van der Waals surface area contributed by atoms with Gasteiger partial charge in [-0.15, -0.1) is 0 Å². The molecule has 0 amide bonds. The van der Waals surface area contributed by atoms with Crippen LogP contribution in [0.15, 0.2) is 36.4 Å². The van der Waals surface area contributed by atoms with Gasteiger partial charge in [-0.1, -0.05) is 12.1 Å². The second-order valence-electron chi connectivity index (χ2n) is 4.22. The minimum Gasteiger partial charge on any atom is -0.396 e. The number of anilines is 1. The fourth-order valence-corrected chi connectivity index (χ4v) is 1.78. The molecule has 0 unspecified atom stereocenters. The number of nitrogens with two attached hydrogens (primary N) is 1. The van der Waals surface area contributed by atoms with Crippen molar-refractivity contribution in [2.75, 3.05) is 5.73 Å². The first-order valence-corrected chi connectivity index (χ1v) is 5.67. The number of halogens is 5. The fraction of sp³-hybridized carbons (Fsp3) is 0.0714. The van der Waals surface area contributed by atoms with Gasteiger partial charge in [0.25, 0.3) is 0 Å². The summed E-state index contributed by atoms with van der Waals surface area (Å²) in [6.07, 6.45) is -4.86. The average Bonchev–Trinajstić information content (AvgIpc) is 2.39. The summed E-state index contributed by atoms with van der Waals surface area (Å²) >= 11 is 0. The standard InChI is InChI=1S/C14H8F5NO/c15-10-3-1-2-8(12(10)20)13(21)7-4-5-9(11(16)6-7)14(17,18)19/h1-6H,20H2. The molecule has 0 saturated heterocycles. The summed E-state index contributed by atoms with van der Waals surface area (Å²) < 4.78 is 64.0. The number of nitrogen functional groups attached to an aromatic ring is 1. The zero-order valence-electron chi connectivity index (χ0n) is 10.3. The molecule has 0 saturated carbocycles. The molecule has 2 rings (SSSR count). The van der Waals surface area contributed by atoms with Gasteiger partial charge in [0.1, 0.15) is 11.6 Å². The van der Waals surface area contributed by atoms with Gasteiger partial charge < -0.3 is 5.73 Å². The van der Waals surface area contributed by atoms with E-state index in [9.17, 15) is 26.7 Å². The Hall–Kier alpha value is -2.44. The van der Waals surface area contributed by atoms with Gasteiger partial charge in [0, 0.05) is 11.1 Å². The number of hydrogen-bond acceptors (Lipinski definition) is 2. The molecule has 7 heteroatoms. The van der Waals surface area contributed by atoms with E-state index in [0.29, 0.717) is 12.1 Å². The van der Waals surface area contributed by atoms with Gasteiger partial charge in [0.2, 0.25) is 0 Å². The smallest absolute Gasteiger partial charge is 0.396 e. The highest BCUT2D eigenvalue weighted by Gasteiger charge is 2.34. The Morgan fingerprint density at radius 2 is 1.67 bits per heavy atom. The summed E-state index contributed by atoms with van der Waals surface area (Å²) in [5, 5.41) is 0. The van der Waals surface area contributed by atoms with Gasteiger partial charge >= 0.3 is 6.18 Å². The van der Waals surface area contributed by atoms with E-state index in [-0.39, 0.29) is 11.1 Å². The van der Waals surface area contributed by atoms with Crippen molar-refractivity contribution in [2.45, 2.75) is 6.18 Å². The monoisotopic (exact) mass is 301 g/mol. The normalized spacial score (nSPS) is 11.5. The lowest BCUT2D eigenvalue weighted by Gasteiger charge is -2.10. The predicted molar refractivity (Wildman–Crippen MR) is 65.6 cm³/mol. The SMILES string of the molecule is Nc1c(F)cccc1C(=O)c1ccc(C(F)(F)F)c(F)c1. The van der Waals surface area contributed by atoms with E-state index in [2.05, 4.69) is 0 Å². The molecular weight excluding hydrogens is 293 g/mol. The van der Waals surface area contributed by atoms with Crippen molar-refractivity contribution < 1.29 is 26.7 Å². The molecule has 0 atom stereocenters. The number of ketones is 1. The Bertz CT molecular complexity index is 709. The lowest BCUT2D eigenvalue weighted by Crippen LogP contribution is -2.11. The molecule has 2 aromatic rings. The number of hydrogen-bond donors (Lipinski definition) is 1. The molecule has 0 fully saturated rings. The van der Waals surface area contributed by atoms with Gasteiger partial charge in [0.05, 0.1) is 11.3 Å². The van der Waals surface area contributed by atoms with Crippen molar-refractivity contribution in [3.63, 3.8) is 0 Å². The Kier molecular flexibility index (Phi) is 3.67. The molecule has 0 aromatic heterocycles. The third-order valence-electron chi connectivity index (χ3n) is 2.83. The van der Waals surface area contributed by atoms with Crippen molar-refractivity contribution in [1.29, 1.82) is 0 Å². The maximum absolute atomic E-state index is 13.4.